The van der Waals surface area contributed by atoms with E-state index in [-0.39, 0.29) is 6.04 Å². The Hall–Kier alpha value is -0.800. The van der Waals surface area contributed by atoms with Crippen molar-refractivity contribution >= 4 is 0 Å². The lowest BCUT2D eigenvalue weighted by molar-refractivity contribution is 0.208. The number of nitrogens with two attached hydrogens (primary N) is 1. The van der Waals surface area contributed by atoms with Gasteiger partial charge in [0.1, 0.15) is 0 Å². The van der Waals surface area contributed by atoms with Crippen molar-refractivity contribution in [2.75, 3.05) is 20.1 Å². The minimum Gasteiger partial charge on any atom is -0.344 e. The van der Waals surface area contributed by atoms with E-state index in [0.717, 1.165) is 6.42 Å². The van der Waals surface area contributed by atoms with Gasteiger partial charge < -0.3 is 15.2 Å². The van der Waals surface area contributed by atoms with Crippen LogP contribution in [0.3, 0.4) is 0 Å². The Labute approximate surface area is 110 Å². The van der Waals surface area contributed by atoms with Gasteiger partial charge in [-0.1, -0.05) is 0 Å². The summed E-state index contributed by atoms with van der Waals surface area (Å²) in [7, 11) is 2.24. The van der Waals surface area contributed by atoms with Crippen LogP contribution in [0.15, 0.2) is 6.07 Å². The molecule has 3 rings (SSSR count). The van der Waals surface area contributed by atoms with E-state index in [1.807, 2.05) is 0 Å². The fourth-order valence-electron chi connectivity index (χ4n) is 3.82. The van der Waals surface area contributed by atoms with Crippen LogP contribution in [0.2, 0.25) is 0 Å². The number of hydrogen-bond donors (Lipinski definition) is 1. The van der Waals surface area contributed by atoms with Crippen LogP contribution in [0.25, 0.3) is 0 Å². The van der Waals surface area contributed by atoms with Gasteiger partial charge in [0.15, 0.2) is 0 Å². The second-order valence-corrected chi connectivity index (χ2v) is 6.11. The zero-order valence-corrected chi connectivity index (χ0v) is 11.7. The van der Waals surface area contributed by atoms with Gasteiger partial charge in [-0.2, -0.15) is 0 Å². The minimum absolute atomic E-state index is 0.273. The summed E-state index contributed by atoms with van der Waals surface area (Å²) < 4.78 is 2.60. The first-order valence-corrected chi connectivity index (χ1v) is 7.31. The summed E-state index contributed by atoms with van der Waals surface area (Å²) in [4.78, 5) is 2.46. The average Bonchev–Trinajstić information content (AvgIpc) is 2.67. The zero-order chi connectivity index (χ0) is 12.7. The highest BCUT2D eigenvalue weighted by atomic mass is 15.2. The van der Waals surface area contributed by atoms with E-state index in [1.54, 1.807) is 0 Å². The van der Waals surface area contributed by atoms with Crippen molar-refractivity contribution in [1.29, 1.82) is 0 Å². The van der Waals surface area contributed by atoms with Gasteiger partial charge in [-0.25, -0.2) is 0 Å². The molecule has 2 heterocycles. The van der Waals surface area contributed by atoms with E-state index in [4.69, 9.17) is 5.73 Å². The molecule has 0 spiro atoms. The maximum atomic E-state index is 6.26. The quantitative estimate of drug-likeness (QED) is 0.827. The first-order valence-electron chi connectivity index (χ1n) is 7.31. The van der Waals surface area contributed by atoms with Crippen LogP contribution in [0, 0.1) is 6.92 Å². The summed E-state index contributed by atoms with van der Waals surface area (Å²) in [6.45, 7) is 4.69. The molecule has 3 nitrogen and oxygen atoms in total. The number of fused-ring (bicyclic) bond motifs is 1. The average molecular weight is 247 g/mol. The second-order valence-electron chi connectivity index (χ2n) is 6.11. The number of aryl methyl sites for hydroxylation is 1. The lowest BCUT2D eigenvalue weighted by Gasteiger charge is -2.34. The molecular formula is C15H25N3. The van der Waals surface area contributed by atoms with Gasteiger partial charge in [-0.05, 0) is 64.3 Å². The molecule has 2 N–H and O–H groups in total. The lowest BCUT2D eigenvalue weighted by atomic mass is 9.93. The summed E-state index contributed by atoms with van der Waals surface area (Å²) in [5.74, 6) is 0. The van der Waals surface area contributed by atoms with Gasteiger partial charge in [0.05, 0.1) is 0 Å². The van der Waals surface area contributed by atoms with Crippen LogP contribution in [-0.4, -0.2) is 29.6 Å². The van der Waals surface area contributed by atoms with Gasteiger partial charge in [0.2, 0.25) is 0 Å². The molecule has 1 aliphatic heterocycles. The van der Waals surface area contributed by atoms with E-state index in [9.17, 15) is 0 Å². The van der Waals surface area contributed by atoms with E-state index in [0.29, 0.717) is 6.04 Å². The first-order chi connectivity index (χ1) is 8.66. The Morgan fingerprint density at radius 1 is 1.28 bits per heavy atom. The number of likely N-dealkylation sites (N-methyl/N-ethyl adjacent to an activating group) is 1. The van der Waals surface area contributed by atoms with Crippen LogP contribution in [-0.2, 0) is 6.42 Å². The van der Waals surface area contributed by atoms with E-state index in [2.05, 4.69) is 29.5 Å². The topological polar surface area (TPSA) is 34.2 Å². The highest BCUT2D eigenvalue weighted by Crippen LogP contribution is 2.34. The Kier molecular flexibility index (Phi) is 3.20. The van der Waals surface area contributed by atoms with Gasteiger partial charge in [-0.15, -0.1) is 0 Å². The molecule has 100 valence electrons. The molecule has 0 bridgehead atoms. The van der Waals surface area contributed by atoms with Gasteiger partial charge >= 0.3 is 0 Å². The van der Waals surface area contributed by atoms with Crippen molar-refractivity contribution in [3.05, 3.63) is 23.0 Å². The van der Waals surface area contributed by atoms with Crippen LogP contribution in [0.4, 0.5) is 0 Å². The van der Waals surface area contributed by atoms with Crippen molar-refractivity contribution in [1.82, 2.24) is 9.47 Å². The largest absolute Gasteiger partial charge is 0.344 e. The standard InChI is InChI=1S/C15H25N3/c1-11-9-13-14(16)6-3-7-15(13)18(11)12-5-4-8-17(2)10-12/h9,12,14H,3-8,10,16H2,1-2H3. The molecule has 1 fully saturated rings. The van der Waals surface area contributed by atoms with Gasteiger partial charge in [0, 0.05) is 30.0 Å². The number of rotatable bonds is 1. The summed E-state index contributed by atoms with van der Waals surface area (Å²) in [5, 5.41) is 0. The molecule has 0 saturated carbocycles. The second kappa shape index (κ2) is 4.71. The molecule has 1 aromatic heterocycles. The maximum absolute atomic E-state index is 6.26. The Morgan fingerprint density at radius 2 is 2.11 bits per heavy atom. The molecule has 3 heteroatoms. The molecule has 1 aliphatic carbocycles. The zero-order valence-electron chi connectivity index (χ0n) is 11.7. The summed E-state index contributed by atoms with van der Waals surface area (Å²) in [5.41, 5.74) is 10.6. The third-order valence-corrected chi connectivity index (χ3v) is 4.66. The SMILES string of the molecule is Cc1cc2c(n1C1CCCN(C)C1)CCCC2N. The predicted molar refractivity (Wildman–Crippen MR) is 74.8 cm³/mol. The monoisotopic (exact) mass is 247 g/mol. The molecule has 0 aromatic carbocycles. The molecule has 2 atom stereocenters. The number of piperidine rings is 1. The molecule has 0 amide bonds. The fraction of sp³-hybridized carbons (Fsp3) is 0.733. The highest BCUT2D eigenvalue weighted by Gasteiger charge is 2.27. The molecular weight excluding hydrogens is 222 g/mol. The van der Waals surface area contributed by atoms with Crippen molar-refractivity contribution in [3.8, 4) is 0 Å². The molecule has 1 aromatic rings. The Bertz CT molecular complexity index is 435. The normalized spacial score (nSPS) is 29.3. The Balaban J connectivity index is 1.96. The molecule has 18 heavy (non-hydrogen) atoms. The van der Waals surface area contributed by atoms with E-state index in [1.165, 1.54) is 55.7 Å². The summed E-state index contributed by atoms with van der Waals surface area (Å²) in [6.07, 6.45) is 6.26. The van der Waals surface area contributed by atoms with Crippen molar-refractivity contribution in [2.45, 2.75) is 51.1 Å². The number of nitrogens with zero attached hydrogens (tertiary/aromatic N) is 2. The van der Waals surface area contributed by atoms with Gasteiger partial charge in [-0.3, -0.25) is 0 Å². The Morgan fingerprint density at radius 3 is 2.89 bits per heavy atom. The molecule has 2 aliphatic rings. The number of aromatic nitrogens is 1. The van der Waals surface area contributed by atoms with Crippen LogP contribution in [0.1, 0.15) is 54.7 Å². The molecule has 2 unspecified atom stereocenters. The van der Waals surface area contributed by atoms with Crippen LogP contribution in [0.5, 0.6) is 0 Å². The first kappa shape index (κ1) is 12.2. The van der Waals surface area contributed by atoms with Crippen molar-refractivity contribution in [3.63, 3.8) is 0 Å². The minimum atomic E-state index is 0.273. The van der Waals surface area contributed by atoms with Crippen LogP contribution >= 0.6 is 0 Å². The summed E-state index contributed by atoms with van der Waals surface area (Å²) in [6, 6.07) is 3.28. The maximum Gasteiger partial charge on any atom is 0.0463 e. The fourth-order valence-corrected chi connectivity index (χ4v) is 3.82. The predicted octanol–water partition coefficient (Wildman–Crippen LogP) is 2.40. The third-order valence-electron chi connectivity index (χ3n) is 4.66. The lowest BCUT2D eigenvalue weighted by Crippen LogP contribution is -2.35. The molecule has 1 saturated heterocycles. The van der Waals surface area contributed by atoms with E-state index >= 15 is 0 Å². The third kappa shape index (κ3) is 1.99. The highest BCUT2D eigenvalue weighted by molar-refractivity contribution is 5.33. The smallest absolute Gasteiger partial charge is 0.0463 e. The van der Waals surface area contributed by atoms with Crippen molar-refractivity contribution in [2.24, 2.45) is 5.73 Å². The molecule has 0 radical (unpaired) electrons. The van der Waals surface area contributed by atoms with Gasteiger partial charge in [0.25, 0.3) is 0 Å². The van der Waals surface area contributed by atoms with Crippen LogP contribution < -0.4 is 5.73 Å². The van der Waals surface area contributed by atoms with Crippen molar-refractivity contribution < 1.29 is 0 Å². The van der Waals surface area contributed by atoms with E-state index < -0.39 is 0 Å². The number of hydrogen-bond acceptors (Lipinski definition) is 2. The summed E-state index contributed by atoms with van der Waals surface area (Å²) >= 11 is 0. The number of likely N-dealkylation sites (tertiary alicyclic amines) is 1.